The number of carbonyl (C=O) groups excluding carboxylic acids is 2. The molecule has 4 aromatic rings. The number of hydrogen-bond acceptors (Lipinski definition) is 8. The Morgan fingerprint density at radius 3 is 2.74 bits per heavy atom. The molecule has 31 heavy (non-hydrogen) atoms. The molecule has 3 heterocycles. The summed E-state index contributed by atoms with van der Waals surface area (Å²) in [7, 11) is 0. The third-order valence-corrected chi connectivity index (χ3v) is 6.21. The third kappa shape index (κ3) is 4.25. The van der Waals surface area contributed by atoms with Crippen molar-refractivity contribution in [3.05, 3.63) is 62.7 Å². The van der Waals surface area contributed by atoms with E-state index in [9.17, 15) is 14.4 Å². The van der Waals surface area contributed by atoms with Crippen LogP contribution in [0.15, 0.2) is 46.6 Å². The third-order valence-electron chi connectivity index (χ3n) is 4.35. The molecule has 10 heteroatoms. The second-order valence-corrected chi connectivity index (χ2v) is 8.66. The number of amides is 1. The van der Waals surface area contributed by atoms with Crippen molar-refractivity contribution in [3.8, 4) is 10.6 Å². The maximum absolute atomic E-state index is 12.9. The molecule has 1 amide bonds. The molecule has 0 aliphatic carbocycles. The van der Waals surface area contributed by atoms with Gasteiger partial charge in [-0.05, 0) is 37.4 Å². The van der Waals surface area contributed by atoms with E-state index in [2.05, 4.69) is 15.4 Å². The molecule has 0 aliphatic heterocycles. The Morgan fingerprint density at radius 1 is 1.19 bits per heavy atom. The molecule has 4 rings (SSSR count). The molecule has 0 bridgehead atoms. The minimum atomic E-state index is -0.534. The summed E-state index contributed by atoms with van der Waals surface area (Å²) in [5.74, 6) is -1.03. The number of aryl methyl sites for hydroxylation is 1. The largest absolute Gasteiger partial charge is 0.462 e. The first-order chi connectivity index (χ1) is 15.0. The summed E-state index contributed by atoms with van der Waals surface area (Å²) in [6, 6.07) is 10.4. The van der Waals surface area contributed by atoms with E-state index < -0.39 is 17.4 Å². The number of thiazole rings is 1. The Balaban J connectivity index is 1.67. The summed E-state index contributed by atoms with van der Waals surface area (Å²) >= 11 is 2.89. The highest BCUT2D eigenvalue weighted by Crippen LogP contribution is 2.32. The topological polar surface area (TPSA) is 103 Å². The fraction of sp³-hybridized carbons (Fsp3) is 0.190. The highest BCUT2D eigenvalue weighted by Gasteiger charge is 2.19. The van der Waals surface area contributed by atoms with E-state index in [0.717, 1.165) is 14.6 Å². The molecular weight excluding hydrogens is 436 g/mol. The van der Waals surface area contributed by atoms with Crippen LogP contribution in [-0.4, -0.2) is 33.2 Å². The van der Waals surface area contributed by atoms with Crippen molar-refractivity contribution >= 4 is 50.5 Å². The van der Waals surface area contributed by atoms with Crippen LogP contribution < -0.4 is 10.9 Å². The minimum absolute atomic E-state index is 0.221. The van der Waals surface area contributed by atoms with Crippen LogP contribution in [0, 0.1) is 6.92 Å². The average molecular weight is 455 g/mol. The van der Waals surface area contributed by atoms with Crippen molar-refractivity contribution in [2.45, 2.75) is 20.4 Å². The lowest BCUT2D eigenvalue weighted by atomic mass is 10.2. The van der Waals surface area contributed by atoms with Crippen LogP contribution in [0.4, 0.5) is 5.69 Å². The summed E-state index contributed by atoms with van der Waals surface area (Å²) in [4.78, 5) is 43.0. The molecule has 1 aromatic carbocycles. The van der Waals surface area contributed by atoms with Gasteiger partial charge in [0.25, 0.3) is 5.56 Å². The Labute approximate surface area is 185 Å². The van der Waals surface area contributed by atoms with Crippen LogP contribution in [0.2, 0.25) is 0 Å². The molecule has 0 fully saturated rings. The van der Waals surface area contributed by atoms with E-state index in [0.29, 0.717) is 21.6 Å². The predicted octanol–water partition coefficient (Wildman–Crippen LogP) is 3.71. The van der Waals surface area contributed by atoms with Crippen LogP contribution in [0.1, 0.15) is 22.3 Å². The molecule has 0 aliphatic rings. The van der Waals surface area contributed by atoms with E-state index in [1.807, 2.05) is 24.4 Å². The highest BCUT2D eigenvalue weighted by atomic mass is 32.1. The monoisotopic (exact) mass is 454 g/mol. The number of aromatic nitrogens is 3. The fourth-order valence-electron chi connectivity index (χ4n) is 3.05. The number of benzene rings is 1. The van der Waals surface area contributed by atoms with E-state index in [1.54, 1.807) is 31.2 Å². The summed E-state index contributed by atoms with van der Waals surface area (Å²) in [6.45, 7) is 3.43. The van der Waals surface area contributed by atoms with Gasteiger partial charge < -0.3 is 10.1 Å². The molecule has 0 atom stereocenters. The Bertz CT molecular complexity index is 1330. The van der Waals surface area contributed by atoms with Crippen molar-refractivity contribution in [1.29, 1.82) is 0 Å². The second kappa shape index (κ2) is 8.78. The Morgan fingerprint density at radius 2 is 2.00 bits per heavy atom. The van der Waals surface area contributed by atoms with Crippen LogP contribution in [0.5, 0.6) is 0 Å². The molecule has 0 saturated carbocycles. The molecule has 3 aromatic heterocycles. The first-order valence-corrected chi connectivity index (χ1v) is 11.2. The van der Waals surface area contributed by atoms with Crippen LogP contribution in [-0.2, 0) is 16.1 Å². The minimum Gasteiger partial charge on any atom is -0.462 e. The lowest BCUT2D eigenvalue weighted by Crippen LogP contribution is -2.30. The molecule has 0 spiro atoms. The first kappa shape index (κ1) is 20.9. The molecule has 1 N–H and O–H groups in total. The summed E-state index contributed by atoms with van der Waals surface area (Å²) in [5, 5.41) is 9.81. The summed E-state index contributed by atoms with van der Waals surface area (Å²) in [5.41, 5.74) is 1.02. The van der Waals surface area contributed by atoms with Gasteiger partial charge >= 0.3 is 5.97 Å². The zero-order chi connectivity index (χ0) is 22.0. The van der Waals surface area contributed by atoms with Gasteiger partial charge in [-0.15, -0.1) is 22.7 Å². The molecular formula is C21H18N4O4S2. The van der Waals surface area contributed by atoms with Gasteiger partial charge in [-0.2, -0.15) is 5.10 Å². The second-order valence-electron chi connectivity index (χ2n) is 6.51. The molecule has 0 radical (unpaired) electrons. The van der Waals surface area contributed by atoms with Crippen molar-refractivity contribution in [2.75, 3.05) is 11.9 Å². The first-order valence-electron chi connectivity index (χ1n) is 9.46. The van der Waals surface area contributed by atoms with Gasteiger partial charge in [-0.25, -0.2) is 14.5 Å². The Kier molecular flexibility index (Phi) is 5.92. The van der Waals surface area contributed by atoms with Crippen molar-refractivity contribution in [1.82, 2.24) is 14.8 Å². The number of fused-ring (bicyclic) bond motifs is 1. The van der Waals surface area contributed by atoms with Gasteiger partial charge in [-0.1, -0.05) is 18.2 Å². The number of nitrogens with zero attached hydrogens (tertiary/aromatic N) is 3. The number of carbonyl (C=O) groups is 2. The van der Waals surface area contributed by atoms with Crippen molar-refractivity contribution in [3.63, 3.8) is 0 Å². The number of para-hydroxylation sites is 1. The van der Waals surface area contributed by atoms with E-state index in [-0.39, 0.29) is 18.7 Å². The standard InChI is InChI=1S/C21H18N4O4S2/c1-3-29-21(28)13-7-4-5-8-14(13)23-16(26)11-25-20(27)18-19(31-12(2)22-18)17(24-25)15-9-6-10-30-15/h4-10H,3,11H2,1-2H3,(H,23,26). The SMILES string of the molecule is CCOC(=O)c1ccccc1NC(=O)Cn1nc(-c2cccs2)c2sc(C)nc2c1=O. The number of ether oxygens (including phenoxy) is 1. The lowest BCUT2D eigenvalue weighted by Gasteiger charge is -2.11. The molecule has 8 nitrogen and oxygen atoms in total. The van der Waals surface area contributed by atoms with Gasteiger partial charge in [0.2, 0.25) is 5.91 Å². The van der Waals surface area contributed by atoms with E-state index >= 15 is 0 Å². The number of rotatable bonds is 6. The lowest BCUT2D eigenvalue weighted by molar-refractivity contribution is -0.117. The molecule has 0 unspecified atom stereocenters. The van der Waals surface area contributed by atoms with Crippen LogP contribution in [0.3, 0.4) is 0 Å². The van der Waals surface area contributed by atoms with Crippen LogP contribution in [0.25, 0.3) is 20.8 Å². The normalized spacial score (nSPS) is 10.9. The number of hydrogen-bond donors (Lipinski definition) is 1. The van der Waals surface area contributed by atoms with Gasteiger partial charge in [0, 0.05) is 0 Å². The van der Waals surface area contributed by atoms with E-state index in [4.69, 9.17) is 4.74 Å². The average Bonchev–Trinajstić information content (AvgIpc) is 3.40. The number of thiophene rings is 1. The number of nitrogens with one attached hydrogen (secondary N) is 1. The number of anilines is 1. The molecule has 0 saturated heterocycles. The zero-order valence-electron chi connectivity index (χ0n) is 16.7. The van der Waals surface area contributed by atoms with E-state index in [1.165, 1.54) is 22.7 Å². The van der Waals surface area contributed by atoms with Gasteiger partial charge in [0.15, 0.2) is 5.52 Å². The van der Waals surface area contributed by atoms with Gasteiger partial charge in [-0.3, -0.25) is 9.59 Å². The fourth-order valence-corrected chi connectivity index (χ4v) is 4.74. The predicted molar refractivity (Wildman–Crippen MR) is 121 cm³/mol. The summed E-state index contributed by atoms with van der Waals surface area (Å²) in [6.07, 6.45) is 0. The smallest absolute Gasteiger partial charge is 0.340 e. The maximum atomic E-state index is 12.9. The summed E-state index contributed by atoms with van der Waals surface area (Å²) < 4.78 is 6.84. The Hall–Kier alpha value is -3.37. The molecule has 158 valence electrons. The van der Waals surface area contributed by atoms with Crippen molar-refractivity contribution in [2.24, 2.45) is 0 Å². The van der Waals surface area contributed by atoms with Crippen LogP contribution >= 0.6 is 22.7 Å². The van der Waals surface area contributed by atoms with Gasteiger partial charge in [0.05, 0.1) is 32.4 Å². The maximum Gasteiger partial charge on any atom is 0.340 e. The van der Waals surface area contributed by atoms with Crippen molar-refractivity contribution < 1.29 is 14.3 Å². The highest BCUT2D eigenvalue weighted by molar-refractivity contribution is 7.20. The quantitative estimate of drug-likeness (QED) is 0.446. The van der Waals surface area contributed by atoms with Gasteiger partial charge in [0.1, 0.15) is 12.2 Å². The number of esters is 1. The zero-order valence-corrected chi connectivity index (χ0v) is 18.4.